The van der Waals surface area contributed by atoms with E-state index in [1.807, 2.05) is 0 Å². The van der Waals surface area contributed by atoms with E-state index in [2.05, 4.69) is 15.3 Å². The standard InChI is InChI=1S/C14H10N4O3/c19-14(20)11-3-1-2-10(6-11)13-5-4-12(21-13)7-17-18-8-15-16-9-18/h1-9H,(H,19,20). The van der Waals surface area contributed by atoms with Crippen LogP contribution in [0.5, 0.6) is 0 Å². The normalized spacial score (nSPS) is 11.0. The SMILES string of the molecule is O=C(O)c1cccc(-c2ccc(C=Nn3cnnc3)o2)c1. The Balaban J connectivity index is 1.84. The Morgan fingerprint density at radius 1 is 1.24 bits per heavy atom. The molecule has 7 heteroatoms. The van der Waals surface area contributed by atoms with Crippen LogP contribution in [0.3, 0.4) is 0 Å². The Labute approximate surface area is 119 Å². The molecule has 2 heterocycles. The van der Waals surface area contributed by atoms with Crippen molar-refractivity contribution < 1.29 is 14.3 Å². The molecule has 0 unspecified atom stereocenters. The topological polar surface area (TPSA) is 93.5 Å². The molecule has 0 fully saturated rings. The average Bonchev–Trinajstić information content (AvgIpc) is 3.17. The second-order valence-corrected chi connectivity index (χ2v) is 4.17. The summed E-state index contributed by atoms with van der Waals surface area (Å²) < 4.78 is 7.04. The Bertz CT molecular complexity index is 790. The molecule has 104 valence electrons. The van der Waals surface area contributed by atoms with Crippen molar-refractivity contribution in [3.05, 3.63) is 60.4 Å². The van der Waals surface area contributed by atoms with Crippen molar-refractivity contribution >= 4 is 12.2 Å². The summed E-state index contributed by atoms with van der Waals surface area (Å²) in [5.41, 5.74) is 0.905. The van der Waals surface area contributed by atoms with Gasteiger partial charge < -0.3 is 9.52 Å². The lowest BCUT2D eigenvalue weighted by atomic mass is 10.1. The van der Waals surface area contributed by atoms with Crippen LogP contribution in [0.15, 0.2) is 58.6 Å². The smallest absolute Gasteiger partial charge is 0.335 e. The van der Waals surface area contributed by atoms with Gasteiger partial charge in [-0.1, -0.05) is 12.1 Å². The highest BCUT2D eigenvalue weighted by atomic mass is 16.4. The first kappa shape index (κ1) is 12.8. The molecule has 0 spiro atoms. The Kier molecular flexibility index (Phi) is 3.30. The summed E-state index contributed by atoms with van der Waals surface area (Å²) in [4.78, 5) is 11.0. The van der Waals surface area contributed by atoms with Gasteiger partial charge in [-0.05, 0) is 24.3 Å². The molecule has 0 radical (unpaired) electrons. The lowest BCUT2D eigenvalue weighted by Gasteiger charge is -1.98. The third-order valence-electron chi connectivity index (χ3n) is 2.75. The van der Waals surface area contributed by atoms with Crippen LogP contribution < -0.4 is 0 Å². The number of rotatable bonds is 4. The fourth-order valence-electron chi connectivity index (χ4n) is 1.76. The first-order chi connectivity index (χ1) is 10.2. The van der Waals surface area contributed by atoms with E-state index in [9.17, 15) is 4.79 Å². The summed E-state index contributed by atoms with van der Waals surface area (Å²) in [6, 6.07) is 10.0. The second kappa shape index (κ2) is 5.41. The van der Waals surface area contributed by atoms with Crippen LogP contribution >= 0.6 is 0 Å². The lowest BCUT2D eigenvalue weighted by Crippen LogP contribution is -1.95. The van der Waals surface area contributed by atoms with E-state index < -0.39 is 5.97 Å². The van der Waals surface area contributed by atoms with Crippen LogP contribution in [0, 0.1) is 0 Å². The van der Waals surface area contributed by atoms with Crippen LogP contribution in [0.25, 0.3) is 11.3 Å². The maximum Gasteiger partial charge on any atom is 0.335 e. The number of furan rings is 1. The number of aromatic carboxylic acids is 1. The average molecular weight is 282 g/mol. The highest BCUT2D eigenvalue weighted by Gasteiger charge is 2.07. The van der Waals surface area contributed by atoms with Gasteiger partial charge in [0.25, 0.3) is 0 Å². The molecule has 0 aliphatic rings. The molecule has 0 bridgehead atoms. The molecule has 1 aromatic carbocycles. The van der Waals surface area contributed by atoms with Crippen molar-refractivity contribution in [3.8, 4) is 11.3 Å². The van der Waals surface area contributed by atoms with Gasteiger partial charge in [0.05, 0.1) is 11.8 Å². The minimum Gasteiger partial charge on any atom is -0.478 e. The van der Waals surface area contributed by atoms with Gasteiger partial charge in [0.1, 0.15) is 24.2 Å². The fraction of sp³-hybridized carbons (Fsp3) is 0. The molecular weight excluding hydrogens is 272 g/mol. The summed E-state index contributed by atoms with van der Waals surface area (Å²) >= 11 is 0. The van der Waals surface area contributed by atoms with Crippen LogP contribution in [-0.2, 0) is 0 Å². The predicted octanol–water partition coefficient (Wildman–Crippen LogP) is 2.12. The quantitative estimate of drug-likeness (QED) is 0.740. The van der Waals surface area contributed by atoms with Crippen LogP contribution in [-0.4, -0.2) is 32.2 Å². The molecule has 3 aromatic rings. The van der Waals surface area contributed by atoms with Crippen LogP contribution in [0.2, 0.25) is 0 Å². The summed E-state index contributed by atoms with van der Waals surface area (Å²) in [6.07, 6.45) is 4.43. The first-order valence-corrected chi connectivity index (χ1v) is 6.05. The van der Waals surface area contributed by atoms with Crippen molar-refractivity contribution in [3.63, 3.8) is 0 Å². The maximum atomic E-state index is 11.0. The van der Waals surface area contributed by atoms with Gasteiger partial charge in [0, 0.05) is 5.56 Å². The number of carbonyl (C=O) groups is 1. The van der Waals surface area contributed by atoms with Gasteiger partial charge in [-0.25, -0.2) is 9.47 Å². The number of carboxylic acid groups (broad SMARTS) is 1. The predicted molar refractivity (Wildman–Crippen MR) is 74.1 cm³/mol. The van der Waals surface area contributed by atoms with E-state index in [4.69, 9.17) is 9.52 Å². The van der Waals surface area contributed by atoms with E-state index in [0.29, 0.717) is 17.1 Å². The number of hydrogen-bond acceptors (Lipinski definition) is 5. The number of nitrogens with zero attached hydrogens (tertiary/aromatic N) is 4. The van der Waals surface area contributed by atoms with Crippen molar-refractivity contribution in [1.82, 2.24) is 14.9 Å². The number of carboxylic acids is 1. The molecule has 1 N–H and O–H groups in total. The van der Waals surface area contributed by atoms with Gasteiger partial charge in [-0.15, -0.1) is 10.2 Å². The molecule has 7 nitrogen and oxygen atoms in total. The zero-order valence-corrected chi connectivity index (χ0v) is 10.7. The summed E-state index contributed by atoms with van der Waals surface area (Å²) in [5.74, 6) is 0.139. The van der Waals surface area contributed by atoms with Crippen molar-refractivity contribution in [1.29, 1.82) is 0 Å². The highest BCUT2D eigenvalue weighted by Crippen LogP contribution is 2.22. The van der Waals surface area contributed by atoms with Gasteiger partial charge in [0.15, 0.2) is 0 Å². The molecule has 0 aliphatic carbocycles. The first-order valence-electron chi connectivity index (χ1n) is 6.05. The van der Waals surface area contributed by atoms with Gasteiger partial charge in [0.2, 0.25) is 0 Å². The van der Waals surface area contributed by atoms with E-state index in [0.717, 1.165) is 0 Å². The van der Waals surface area contributed by atoms with E-state index in [1.165, 1.54) is 29.6 Å². The molecule has 21 heavy (non-hydrogen) atoms. The largest absolute Gasteiger partial charge is 0.478 e. The van der Waals surface area contributed by atoms with E-state index >= 15 is 0 Å². The van der Waals surface area contributed by atoms with Crippen molar-refractivity contribution in [2.24, 2.45) is 5.10 Å². The van der Waals surface area contributed by atoms with Gasteiger partial charge in [-0.2, -0.15) is 5.10 Å². The van der Waals surface area contributed by atoms with E-state index in [1.54, 1.807) is 30.3 Å². The monoisotopic (exact) mass is 282 g/mol. The Morgan fingerprint density at radius 2 is 2.05 bits per heavy atom. The summed E-state index contributed by atoms with van der Waals surface area (Å²) in [5, 5.41) is 20.3. The molecule has 2 aromatic heterocycles. The third kappa shape index (κ3) is 2.86. The van der Waals surface area contributed by atoms with Crippen molar-refractivity contribution in [2.75, 3.05) is 0 Å². The summed E-state index contributed by atoms with van der Waals surface area (Å²) in [7, 11) is 0. The van der Waals surface area contributed by atoms with Crippen LogP contribution in [0.1, 0.15) is 16.1 Å². The fourth-order valence-corrected chi connectivity index (χ4v) is 1.76. The highest BCUT2D eigenvalue weighted by molar-refractivity contribution is 5.89. The molecule has 3 rings (SSSR count). The summed E-state index contributed by atoms with van der Waals surface area (Å²) in [6.45, 7) is 0. The van der Waals surface area contributed by atoms with Crippen LogP contribution in [0.4, 0.5) is 0 Å². The number of hydrogen-bond donors (Lipinski definition) is 1. The zero-order chi connectivity index (χ0) is 14.7. The lowest BCUT2D eigenvalue weighted by molar-refractivity contribution is 0.0697. The minimum absolute atomic E-state index is 0.212. The molecule has 0 saturated carbocycles. The molecule has 0 saturated heterocycles. The van der Waals surface area contributed by atoms with Gasteiger partial charge >= 0.3 is 5.97 Å². The Morgan fingerprint density at radius 3 is 2.81 bits per heavy atom. The van der Waals surface area contributed by atoms with E-state index in [-0.39, 0.29) is 5.56 Å². The number of aromatic nitrogens is 3. The van der Waals surface area contributed by atoms with Gasteiger partial charge in [-0.3, -0.25) is 0 Å². The van der Waals surface area contributed by atoms with Crippen molar-refractivity contribution in [2.45, 2.75) is 0 Å². The molecular formula is C14H10N4O3. The molecule has 0 atom stereocenters. The molecule has 0 aliphatic heterocycles. The number of benzene rings is 1. The Hall–Kier alpha value is -3.22. The minimum atomic E-state index is -0.974. The maximum absolute atomic E-state index is 11.0. The zero-order valence-electron chi connectivity index (χ0n) is 10.7. The third-order valence-corrected chi connectivity index (χ3v) is 2.75. The second-order valence-electron chi connectivity index (χ2n) is 4.17. The molecule has 0 amide bonds.